The predicted octanol–water partition coefficient (Wildman–Crippen LogP) is 14.4. The van der Waals surface area contributed by atoms with Crippen LogP contribution >= 0.6 is 22.7 Å². The number of benzene rings is 5. The van der Waals surface area contributed by atoms with Gasteiger partial charge in [0.25, 0.3) is 0 Å². The number of pyridine rings is 1. The molecule has 0 aliphatic rings. The van der Waals surface area contributed by atoms with E-state index in [1.54, 1.807) is 0 Å². The zero-order chi connectivity index (χ0) is 38.5. The number of thiophene rings is 2. The third kappa shape index (κ3) is 5.84. The molecule has 10 rings (SSSR count). The summed E-state index contributed by atoms with van der Waals surface area (Å²) in [5.74, 6) is 2.39. The van der Waals surface area contributed by atoms with Gasteiger partial charge < -0.3 is 4.74 Å². The van der Waals surface area contributed by atoms with Crippen molar-refractivity contribution < 1.29 is 4.74 Å². The molecule has 0 saturated carbocycles. The predicted molar refractivity (Wildman–Crippen MR) is 238 cm³/mol. The van der Waals surface area contributed by atoms with Gasteiger partial charge in [-0.2, -0.15) is 5.10 Å². The number of ether oxygens (including phenoxy) is 1. The van der Waals surface area contributed by atoms with Gasteiger partial charge in [-0.05, 0) is 83.8 Å². The first-order valence-corrected chi connectivity index (χ1v) is 20.8. The Morgan fingerprint density at radius 3 is 2.21 bits per heavy atom. The average molecular weight is 767 g/mol. The molecule has 5 aromatic heterocycles. The number of aromatic nitrogens is 4. The highest BCUT2D eigenvalue weighted by atomic mass is 32.1. The molecule has 0 N–H and O–H groups in total. The molecule has 0 unspecified atom stereocenters. The summed E-state index contributed by atoms with van der Waals surface area (Å²) in [6.45, 7) is 15.7. The molecule has 0 radical (unpaired) electrons. The summed E-state index contributed by atoms with van der Waals surface area (Å²) in [7, 11) is 0. The van der Waals surface area contributed by atoms with Crippen molar-refractivity contribution in [1.82, 2.24) is 19.7 Å². The molecule has 7 heteroatoms. The Labute approximate surface area is 334 Å². The number of hydrogen-bond acceptors (Lipinski definition) is 6. The lowest BCUT2D eigenvalue weighted by Crippen LogP contribution is -2.12. The Balaban J connectivity index is 1.06. The quantitative estimate of drug-likeness (QED) is 0.175. The van der Waals surface area contributed by atoms with Crippen LogP contribution in [0.25, 0.3) is 79.2 Å². The maximum atomic E-state index is 6.66. The molecule has 276 valence electrons. The van der Waals surface area contributed by atoms with Crippen LogP contribution in [0.1, 0.15) is 58.4 Å². The van der Waals surface area contributed by atoms with E-state index in [1.165, 1.54) is 52.2 Å². The van der Waals surface area contributed by atoms with Crippen LogP contribution in [0.2, 0.25) is 0 Å². The summed E-state index contributed by atoms with van der Waals surface area (Å²) in [6.07, 6.45) is 2.97. The fourth-order valence-corrected chi connectivity index (χ4v) is 11.0. The van der Waals surface area contributed by atoms with E-state index in [2.05, 4.69) is 150 Å². The smallest absolute Gasteiger partial charge is 0.137 e. The lowest BCUT2D eigenvalue weighted by Gasteiger charge is -2.20. The number of fused-ring (bicyclic) bond motifs is 10. The molecular formula is C49H42N4OS2. The summed E-state index contributed by atoms with van der Waals surface area (Å²) in [5, 5.41) is 16.9. The number of hydrogen-bond donors (Lipinski definition) is 0. The van der Waals surface area contributed by atoms with Crippen LogP contribution in [0.4, 0.5) is 0 Å². The van der Waals surface area contributed by atoms with E-state index in [9.17, 15) is 0 Å². The van der Waals surface area contributed by atoms with Crippen LogP contribution < -0.4 is 4.74 Å². The van der Waals surface area contributed by atoms with Crippen LogP contribution in [0, 0.1) is 12.3 Å². The number of nitrogens with zero attached hydrogens (tertiary/aromatic N) is 4. The van der Waals surface area contributed by atoms with Gasteiger partial charge in [-0.1, -0.05) is 96.1 Å². The molecule has 0 aliphatic carbocycles. The molecule has 5 nitrogen and oxygen atoms in total. The average Bonchev–Trinajstić information content (AvgIpc) is 3.84. The van der Waals surface area contributed by atoms with Crippen LogP contribution in [-0.4, -0.2) is 19.7 Å². The Hall–Kier alpha value is -5.63. The lowest BCUT2D eigenvalue weighted by molar-refractivity contribution is 0.411. The zero-order valence-electron chi connectivity index (χ0n) is 32.7. The van der Waals surface area contributed by atoms with E-state index in [1.807, 2.05) is 41.0 Å². The van der Waals surface area contributed by atoms with Crippen molar-refractivity contribution in [3.05, 3.63) is 132 Å². The Morgan fingerprint density at radius 2 is 1.38 bits per heavy atom. The van der Waals surface area contributed by atoms with Crippen LogP contribution in [0.15, 0.2) is 115 Å². The molecule has 0 bridgehead atoms. The highest BCUT2D eigenvalue weighted by Gasteiger charge is 2.21. The van der Waals surface area contributed by atoms with E-state index in [4.69, 9.17) is 19.9 Å². The fourth-order valence-electron chi connectivity index (χ4n) is 8.20. The molecule has 10 aromatic rings. The molecule has 0 amide bonds. The van der Waals surface area contributed by atoms with Crippen LogP contribution in [0.5, 0.6) is 11.5 Å². The molecule has 0 fully saturated rings. The van der Waals surface area contributed by atoms with E-state index in [-0.39, 0.29) is 10.8 Å². The van der Waals surface area contributed by atoms with E-state index < -0.39 is 0 Å². The second kappa shape index (κ2) is 12.7. The first-order chi connectivity index (χ1) is 26.9. The summed E-state index contributed by atoms with van der Waals surface area (Å²) < 4.78 is 14.0. The van der Waals surface area contributed by atoms with Gasteiger partial charge in [0.1, 0.15) is 23.0 Å². The maximum Gasteiger partial charge on any atom is 0.137 e. The second-order valence-corrected chi connectivity index (χ2v) is 19.3. The van der Waals surface area contributed by atoms with Gasteiger partial charge in [-0.3, -0.25) is 4.57 Å². The van der Waals surface area contributed by atoms with Crippen molar-refractivity contribution in [3.63, 3.8) is 0 Å². The first-order valence-electron chi connectivity index (χ1n) is 19.2. The van der Waals surface area contributed by atoms with Gasteiger partial charge in [-0.15, -0.1) is 27.8 Å². The fraction of sp³-hybridized carbons (Fsp3) is 0.204. The third-order valence-corrected chi connectivity index (χ3v) is 13.3. The topological polar surface area (TPSA) is 52.8 Å². The molecule has 5 aromatic carbocycles. The summed E-state index contributed by atoms with van der Waals surface area (Å²) in [5.41, 5.74) is 7.83. The molecule has 0 spiro atoms. The zero-order valence-corrected chi connectivity index (χ0v) is 34.3. The van der Waals surface area contributed by atoms with E-state index in [0.717, 1.165) is 61.8 Å². The second-order valence-electron chi connectivity index (χ2n) is 17.2. The van der Waals surface area contributed by atoms with Crippen molar-refractivity contribution in [3.8, 4) is 28.6 Å². The monoisotopic (exact) mass is 766 g/mol. The van der Waals surface area contributed by atoms with Crippen molar-refractivity contribution in [1.29, 1.82) is 0 Å². The third-order valence-electron chi connectivity index (χ3n) is 10.8. The van der Waals surface area contributed by atoms with Crippen molar-refractivity contribution in [2.75, 3.05) is 0 Å². The molecule has 0 saturated heterocycles. The van der Waals surface area contributed by atoms with E-state index >= 15 is 0 Å². The molecule has 0 atom stereocenters. The molecule has 0 aliphatic heterocycles. The lowest BCUT2D eigenvalue weighted by atomic mass is 9.88. The SMILES string of the molecule is Cc1nnc(-c2cccc(Oc3ccc4c5ccccc5n(-c5cc(C(C)(C)C)ccn5)c4c3)c2)c2sc3c(ccc4c5ccc(CC(C)(C)C)cc5sc43)c12. The first kappa shape index (κ1) is 34.8. The van der Waals surface area contributed by atoms with Gasteiger partial charge in [0.2, 0.25) is 0 Å². The van der Waals surface area contributed by atoms with Gasteiger partial charge >= 0.3 is 0 Å². The molecule has 5 heterocycles. The number of rotatable bonds is 5. The van der Waals surface area contributed by atoms with Gasteiger partial charge in [0, 0.05) is 54.8 Å². The minimum absolute atomic E-state index is 0.000132. The minimum atomic E-state index is 0.000132. The normalized spacial score (nSPS) is 12.6. The van der Waals surface area contributed by atoms with Crippen LogP contribution in [-0.2, 0) is 11.8 Å². The molecule has 56 heavy (non-hydrogen) atoms. The maximum absolute atomic E-state index is 6.66. The number of aryl methyl sites for hydroxylation is 1. The highest BCUT2D eigenvalue weighted by molar-refractivity contribution is 7.33. The van der Waals surface area contributed by atoms with E-state index in [0.29, 0.717) is 0 Å². The van der Waals surface area contributed by atoms with Crippen molar-refractivity contribution in [2.24, 2.45) is 5.41 Å². The van der Waals surface area contributed by atoms with Crippen molar-refractivity contribution >= 4 is 84.8 Å². The highest BCUT2D eigenvalue weighted by Crippen LogP contribution is 2.47. The van der Waals surface area contributed by atoms with Crippen molar-refractivity contribution in [2.45, 2.75) is 60.3 Å². The van der Waals surface area contributed by atoms with Crippen LogP contribution in [0.3, 0.4) is 0 Å². The summed E-state index contributed by atoms with van der Waals surface area (Å²) >= 11 is 3.73. The number of para-hydroxylation sites is 1. The van der Waals surface area contributed by atoms with Gasteiger partial charge in [0.15, 0.2) is 0 Å². The van der Waals surface area contributed by atoms with Gasteiger partial charge in [0.05, 0.1) is 30.8 Å². The largest absolute Gasteiger partial charge is 0.457 e. The standard InChI is InChI=1S/C49H42N4OS2/c1-28-43-38-20-19-37-36-17-15-29(27-48(2,3)4)23-41(36)55-45(37)46(38)56-47(43)44(52-51-28)30-11-10-12-32(24-30)54-33-16-18-35-34-13-8-9-14-39(34)53(40(35)26-33)42-25-31(21-22-50-42)49(5,6)7/h8-26H,27H2,1-7H3. The Bertz CT molecular complexity index is 3190. The van der Waals surface area contributed by atoms with Gasteiger partial charge in [-0.25, -0.2) is 4.98 Å². The summed E-state index contributed by atoms with van der Waals surface area (Å²) in [6, 6.07) is 39.0. The Morgan fingerprint density at radius 1 is 0.625 bits per heavy atom. The minimum Gasteiger partial charge on any atom is -0.457 e. The molecular weight excluding hydrogens is 725 g/mol. The summed E-state index contributed by atoms with van der Waals surface area (Å²) in [4.78, 5) is 4.85. The Kier molecular flexibility index (Phi) is 7.90.